The van der Waals surface area contributed by atoms with Crippen molar-refractivity contribution in [1.29, 1.82) is 0 Å². The van der Waals surface area contributed by atoms with Crippen molar-refractivity contribution in [3.63, 3.8) is 0 Å². The van der Waals surface area contributed by atoms with E-state index < -0.39 is 11.6 Å². The van der Waals surface area contributed by atoms with Crippen LogP contribution in [-0.4, -0.2) is 40.9 Å². The maximum atomic E-state index is 11.9. The monoisotopic (exact) mass is 267 g/mol. The van der Waals surface area contributed by atoms with Gasteiger partial charge in [0, 0.05) is 6.04 Å². The highest BCUT2D eigenvalue weighted by molar-refractivity contribution is 6.08. The van der Waals surface area contributed by atoms with Crippen LogP contribution in [0, 0.1) is 5.92 Å². The van der Waals surface area contributed by atoms with Gasteiger partial charge in [-0.3, -0.25) is 14.5 Å². The van der Waals surface area contributed by atoms with Crippen LogP contribution >= 0.6 is 0 Å². The van der Waals surface area contributed by atoms with Gasteiger partial charge >= 0.3 is 6.03 Å². The number of amides is 4. The lowest BCUT2D eigenvalue weighted by atomic mass is 10.1. The predicted octanol–water partition coefficient (Wildman–Crippen LogP) is 0.622. The standard InChI is InChI=1S/C13H21N3O3/c1-8-4-5-9(6-8)14-10(17)7-16-11(18)13(2,3)15-12(16)19/h8-9H,4-7H2,1-3H3,(H,14,17)(H,15,19). The lowest BCUT2D eigenvalue weighted by molar-refractivity contribution is -0.134. The van der Waals surface area contributed by atoms with E-state index in [1.165, 1.54) is 0 Å². The Bertz CT molecular complexity index is 419. The molecule has 0 aromatic carbocycles. The minimum absolute atomic E-state index is 0.177. The highest BCUT2D eigenvalue weighted by Gasteiger charge is 2.45. The van der Waals surface area contributed by atoms with Crippen molar-refractivity contribution in [3.05, 3.63) is 0 Å². The topological polar surface area (TPSA) is 78.5 Å². The summed E-state index contributed by atoms with van der Waals surface area (Å²) < 4.78 is 0. The van der Waals surface area contributed by atoms with E-state index in [9.17, 15) is 14.4 Å². The fraction of sp³-hybridized carbons (Fsp3) is 0.769. The maximum absolute atomic E-state index is 11.9. The summed E-state index contributed by atoms with van der Waals surface area (Å²) in [4.78, 5) is 36.4. The Morgan fingerprint density at radius 3 is 2.58 bits per heavy atom. The number of nitrogens with one attached hydrogen (secondary N) is 2. The van der Waals surface area contributed by atoms with Gasteiger partial charge in [0.15, 0.2) is 0 Å². The molecule has 2 atom stereocenters. The number of carbonyl (C=O) groups is 3. The van der Waals surface area contributed by atoms with Crippen molar-refractivity contribution in [2.45, 2.75) is 51.6 Å². The van der Waals surface area contributed by atoms with Crippen molar-refractivity contribution in [2.24, 2.45) is 5.92 Å². The molecule has 2 rings (SSSR count). The summed E-state index contributed by atoms with van der Waals surface area (Å²) in [5, 5.41) is 5.45. The number of hydrogen-bond donors (Lipinski definition) is 2. The van der Waals surface area contributed by atoms with E-state index in [0.717, 1.165) is 24.2 Å². The van der Waals surface area contributed by atoms with Gasteiger partial charge in [-0.2, -0.15) is 0 Å². The van der Waals surface area contributed by atoms with Crippen LogP contribution in [0.4, 0.5) is 4.79 Å². The van der Waals surface area contributed by atoms with E-state index >= 15 is 0 Å². The van der Waals surface area contributed by atoms with Crippen molar-refractivity contribution >= 4 is 17.8 Å². The molecule has 0 bridgehead atoms. The van der Waals surface area contributed by atoms with Crippen LogP contribution < -0.4 is 10.6 Å². The van der Waals surface area contributed by atoms with Crippen LogP contribution in [0.1, 0.15) is 40.0 Å². The van der Waals surface area contributed by atoms with Crippen LogP contribution in [0.25, 0.3) is 0 Å². The molecule has 2 unspecified atom stereocenters. The van der Waals surface area contributed by atoms with Gasteiger partial charge in [0.1, 0.15) is 12.1 Å². The average Bonchev–Trinajstić information content (AvgIpc) is 2.76. The summed E-state index contributed by atoms with van der Waals surface area (Å²) in [5.41, 5.74) is -0.917. The molecule has 0 aromatic rings. The molecule has 2 N–H and O–H groups in total. The zero-order valence-electron chi connectivity index (χ0n) is 11.7. The number of hydrogen-bond acceptors (Lipinski definition) is 3. The van der Waals surface area contributed by atoms with Gasteiger partial charge in [0.25, 0.3) is 5.91 Å². The van der Waals surface area contributed by atoms with E-state index in [2.05, 4.69) is 17.6 Å². The van der Waals surface area contributed by atoms with Gasteiger partial charge in [-0.25, -0.2) is 4.79 Å². The third kappa shape index (κ3) is 2.88. The zero-order chi connectivity index (χ0) is 14.2. The second-order valence-electron chi connectivity index (χ2n) is 6.13. The highest BCUT2D eigenvalue weighted by atomic mass is 16.2. The van der Waals surface area contributed by atoms with Gasteiger partial charge in [-0.1, -0.05) is 6.92 Å². The van der Waals surface area contributed by atoms with Crippen molar-refractivity contribution in [3.8, 4) is 0 Å². The molecule has 106 valence electrons. The lowest BCUT2D eigenvalue weighted by Gasteiger charge is -2.17. The first-order valence-corrected chi connectivity index (χ1v) is 6.73. The smallest absolute Gasteiger partial charge is 0.325 e. The van der Waals surface area contributed by atoms with Gasteiger partial charge in [0.2, 0.25) is 5.91 Å². The van der Waals surface area contributed by atoms with Gasteiger partial charge in [-0.05, 0) is 39.0 Å². The Hall–Kier alpha value is -1.59. The molecule has 6 heteroatoms. The zero-order valence-corrected chi connectivity index (χ0v) is 11.7. The lowest BCUT2D eigenvalue weighted by Crippen LogP contribution is -2.45. The Kier molecular flexibility index (Phi) is 3.52. The van der Waals surface area contributed by atoms with E-state index in [1.807, 2.05) is 0 Å². The molecule has 2 fully saturated rings. The molecule has 1 aliphatic heterocycles. The summed E-state index contributed by atoms with van der Waals surface area (Å²) >= 11 is 0. The van der Waals surface area contributed by atoms with Crippen LogP contribution in [0.2, 0.25) is 0 Å². The number of rotatable bonds is 3. The first-order valence-electron chi connectivity index (χ1n) is 6.73. The second kappa shape index (κ2) is 4.83. The quantitative estimate of drug-likeness (QED) is 0.736. The molecular weight excluding hydrogens is 246 g/mol. The molecule has 4 amide bonds. The normalized spacial score (nSPS) is 29.5. The molecule has 0 spiro atoms. The second-order valence-corrected chi connectivity index (χ2v) is 6.13. The molecule has 1 saturated heterocycles. The Balaban J connectivity index is 1.89. The first-order chi connectivity index (χ1) is 8.79. The number of nitrogens with zero attached hydrogens (tertiary/aromatic N) is 1. The van der Waals surface area contributed by atoms with E-state index in [-0.39, 0.29) is 24.4 Å². The molecule has 1 heterocycles. The van der Waals surface area contributed by atoms with E-state index in [4.69, 9.17) is 0 Å². The van der Waals surface area contributed by atoms with Crippen LogP contribution in [0.5, 0.6) is 0 Å². The number of urea groups is 1. The Morgan fingerprint density at radius 2 is 2.11 bits per heavy atom. The molecule has 1 aliphatic carbocycles. The van der Waals surface area contributed by atoms with Gasteiger partial charge < -0.3 is 10.6 Å². The summed E-state index contributed by atoms with van der Waals surface area (Å²) in [6.07, 6.45) is 3.05. The van der Waals surface area contributed by atoms with Crippen LogP contribution in [0.15, 0.2) is 0 Å². The number of imide groups is 1. The molecule has 19 heavy (non-hydrogen) atoms. The fourth-order valence-corrected chi connectivity index (χ4v) is 2.72. The van der Waals surface area contributed by atoms with E-state index in [1.54, 1.807) is 13.8 Å². The fourth-order valence-electron chi connectivity index (χ4n) is 2.72. The summed E-state index contributed by atoms with van der Waals surface area (Å²) in [6, 6.07) is -0.318. The van der Waals surface area contributed by atoms with Crippen molar-refractivity contribution in [1.82, 2.24) is 15.5 Å². The molecule has 1 saturated carbocycles. The summed E-state index contributed by atoms with van der Waals surface area (Å²) in [5.74, 6) is 0.00805. The largest absolute Gasteiger partial charge is 0.352 e. The Labute approximate surface area is 112 Å². The van der Waals surface area contributed by atoms with Gasteiger partial charge in [-0.15, -0.1) is 0 Å². The van der Waals surface area contributed by atoms with Gasteiger partial charge in [0.05, 0.1) is 0 Å². The molecule has 6 nitrogen and oxygen atoms in total. The minimum atomic E-state index is -0.917. The first kappa shape index (κ1) is 13.8. The molecule has 2 aliphatic rings. The summed E-state index contributed by atoms with van der Waals surface area (Å²) in [6.45, 7) is 5.22. The number of carbonyl (C=O) groups excluding carboxylic acids is 3. The van der Waals surface area contributed by atoms with Crippen LogP contribution in [-0.2, 0) is 9.59 Å². The van der Waals surface area contributed by atoms with Crippen molar-refractivity contribution in [2.75, 3.05) is 6.54 Å². The Morgan fingerprint density at radius 1 is 1.42 bits per heavy atom. The third-order valence-electron chi connectivity index (χ3n) is 3.81. The minimum Gasteiger partial charge on any atom is -0.352 e. The molecule has 0 radical (unpaired) electrons. The average molecular weight is 267 g/mol. The van der Waals surface area contributed by atoms with Crippen molar-refractivity contribution < 1.29 is 14.4 Å². The maximum Gasteiger partial charge on any atom is 0.325 e. The summed E-state index contributed by atoms with van der Waals surface area (Å²) in [7, 11) is 0. The van der Waals surface area contributed by atoms with E-state index in [0.29, 0.717) is 5.92 Å². The SMILES string of the molecule is CC1CCC(NC(=O)CN2C(=O)NC(C)(C)C2=O)C1. The molecular formula is C13H21N3O3. The third-order valence-corrected chi connectivity index (χ3v) is 3.81. The predicted molar refractivity (Wildman–Crippen MR) is 69.3 cm³/mol. The van der Waals surface area contributed by atoms with Crippen LogP contribution in [0.3, 0.4) is 0 Å². The molecule has 0 aromatic heterocycles. The highest BCUT2D eigenvalue weighted by Crippen LogP contribution is 2.24.